The Labute approximate surface area is 135 Å². The topological polar surface area (TPSA) is 92.5 Å². The molecule has 1 saturated carbocycles. The molecule has 3 rings (SSSR count). The summed E-state index contributed by atoms with van der Waals surface area (Å²) in [6.45, 7) is 1.94. The van der Waals surface area contributed by atoms with Crippen molar-refractivity contribution in [1.29, 1.82) is 0 Å². The highest BCUT2D eigenvalue weighted by Crippen LogP contribution is 2.33. The first kappa shape index (κ1) is 16.4. The van der Waals surface area contributed by atoms with Gasteiger partial charge < -0.3 is 5.32 Å². The zero-order chi connectivity index (χ0) is 16.4. The third kappa shape index (κ3) is 3.24. The Morgan fingerprint density at radius 1 is 1.17 bits per heavy atom. The molecule has 1 aromatic rings. The van der Waals surface area contributed by atoms with E-state index in [-0.39, 0.29) is 16.6 Å². The molecule has 23 heavy (non-hydrogen) atoms. The van der Waals surface area contributed by atoms with Crippen molar-refractivity contribution in [2.45, 2.75) is 36.6 Å². The number of rotatable bonds is 3. The molecule has 8 heteroatoms. The Bertz CT molecular complexity index is 674. The van der Waals surface area contributed by atoms with Crippen molar-refractivity contribution in [1.82, 2.24) is 9.62 Å². The first-order valence-corrected chi connectivity index (χ1v) is 9.41. The monoisotopic (exact) mass is 339 g/mol. The molecule has 0 spiro atoms. The Kier molecular flexibility index (Phi) is 4.65. The van der Waals surface area contributed by atoms with E-state index in [9.17, 15) is 18.5 Å². The first-order chi connectivity index (χ1) is 11.0. The Hall–Kier alpha value is -1.51. The maximum Gasteiger partial charge on any atom is 0.269 e. The van der Waals surface area contributed by atoms with E-state index in [0.717, 1.165) is 32.2 Å². The van der Waals surface area contributed by atoms with E-state index in [1.54, 1.807) is 4.31 Å². The van der Waals surface area contributed by atoms with Crippen molar-refractivity contribution in [3.63, 3.8) is 0 Å². The molecule has 1 aliphatic heterocycles. The molecule has 2 atom stereocenters. The molecule has 0 aromatic heterocycles. The van der Waals surface area contributed by atoms with Gasteiger partial charge in [0.15, 0.2) is 0 Å². The van der Waals surface area contributed by atoms with Gasteiger partial charge in [-0.3, -0.25) is 10.1 Å². The van der Waals surface area contributed by atoms with Crippen LogP contribution in [0.1, 0.15) is 25.7 Å². The summed E-state index contributed by atoms with van der Waals surface area (Å²) >= 11 is 0. The Morgan fingerprint density at radius 3 is 2.57 bits per heavy atom. The van der Waals surface area contributed by atoms with Crippen molar-refractivity contribution < 1.29 is 13.3 Å². The molecule has 1 heterocycles. The van der Waals surface area contributed by atoms with E-state index in [4.69, 9.17) is 0 Å². The molecule has 1 saturated heterocycles. The van der Waals surface area contributed by atoms with E-state index in [1.807, 2.05) is 0 Å². The second kappa shape index (κ2) is 6.54. The van der Waals surface area contributed by atoms with E-state index in [1.165, 1.54) is 24.3 Å². The fourth-order valence-corrected chi connectivity index (χ4v) is 5.34. The molecule has 2 unspecified atom stereocenters. The van der Waals surface area contributed by atoms with Gasteiger partial charge in [-0.2, -0.15) is 4.31 Å². The normalized spacial score (nSPS) is 26.3. The molecule has 126 valence electrons. The lowest BCUT2D eigenvalue weighted by molar-refractivity contribution is -0.384. The highest BCUT2D eigenvalue weighted by molar-refractivity contribution is 7.89. The molecule has 0 radical (unpaired) electrons. The van der Waals surface area contributed by atoms with E-state index in [0.29, 0.717) is 19.0 Å². The van der Waals surface area contributed by atoms with Crippen LogP contribution in [0.2, 0.25) is 0 Å². The van der Waals surface area contributed by atoms with Gasteiger partial charge in [0.25, 0.3) is 5.69 Å². The predicted octanol–water partition coefficient (Wildman–Crippen LogP) is 1.75. The zero-order valence-corrected chi connectivity index (χ0v) is 13.7. The van der Waals surface area contributed by atoms with Crippen LogP contribution in [-0.4, -0.2) is 43.3 Å². The number of nitro groups is 1. The fourth-order valence-electron chi connectivity index (χ4n) is 3.62. The standard InChI is InChI=1S/C15H21N3O4S/c19-18(20)13-5-7-14(8-6-13)23(21,22)17-10-9-16-11-12-3-1-2-4-15(12)17/h5-8,12,15-16H,1-4,9-11H2. The Morgan fingerprint density at radius 2 is 1.87 bits per heavy atom. The van der Waals surface area contributed by atoms with Crippen molar-refractivity contribution in [2.24, 2.45) is 5.92 Å². The second-order valence-electron chi connectivity index (χ2n) is 6.18. The molecule has 7 nitrogen and oxygen atoms in total. The van der Waals surface area contributed by atoms with Crippen LogP contribution in [0.3, 0.4) is 0 Å². The number of sulfonamides is 1. The van der Waals surface area contributed by atoms with Gasteiger partial charge in [-0.15, -0.1) is 0 Å². The number of hydrogen-bond donors (Lipinski definition) is 1. The van der Waals surface area contributed by atoms with Crippen LogP contribution in [0.15, 0.2) is 29.2 Å². The van der Waals surface area contributed by atoms with Gasteiger partial charge in [0, 0.05) is 31.3 Å². The summed E-state index contributed by atoms with van der Waals surface area (Å²) in [6, 6.07) is 5.20. The summed E-state index contributed by atoms with van der Waals surface area (Å²) in [4.78, 5) is 10.3. The summed E-state index contributed by atoms with van der Waals surface area (Å²) in [7, 11) is -3.63. The minimum atomic E-state index is -3.63. The number of nitro benzene ring substituents is 1. The van der Waals surface area contributed by atoms with Crippen LogP contribution in [0.4, 0.5) is 5.69 Å². The number of benzene rings is 1. The number of nitrogens with zero attached hydrogens (tertiary/aromatic N) is 2. The van der Waals surface area contributed by atoms with Crippen molar-refractivity contribution in [2.75, 3.05) is 19.6 Å². The summed E-state index contributed by atoms with van der Waals surface area (Å²) < 4.78 is 27.6. The van der Waals surface area contributed by atoms with Crippen LogP contribution in [0.25, 0.3) is 0 Å². The summed E-state index contributed by atoms with van der Waals surface area (Å²) in [6.07, 6.45) is 4.13. The predicted molar refractivity (Wildman–Crippen MR) is 85.6 cm³/mol. The molecule has 1 aliphatic carbocycles. The van der Waals surface area contributed by atoms with Crippen LogP contribution in [0.5, 0.6) is 0 Å². The summed E-state index contributed by atoms with van der Waals surface area (Å²) in [5.74, 6) is 0.346. The van der Waals surface area contributed by atoms with Gasteiger partial charge in [0.1, 0.15) is 0 Å². The average molecular weight is 339 g/mol. The van der Waals surface area contributed by atoms with Crippen LogP contribution in [0, 0.1) is 16.0 Å². The number of non-ortho nitro benzene ring substituents is 1. The van der Waals surface area contributed by atoms with Crippen molar-refractivity contribution >= 4 is 15.7 Å². The van der Waals surface area contributed by atoms with Gasteiger partial charge in [-0.05, 0) is 37.4 Å². The van der Waals surface area contributed by atoms with Gasteiger partial charge >= 0.3 is 0 Å². The van der Waals surface area contributed by atoms with Crippen molar-refractivity contribution in [3.05, 3.63) is 34.4 Å². The lowest BCUT2D eigenvalue weighted by atomic mass is 9.85. The maximum atomic E-state index is 13.0. The highest BCUT2D eigenvalue weighted by Gasteiger charge is 2.38. The van der Waals surface area contributed by atoms with Crippen LogP contribution in [-0.2, 0) is 10.0 Å². The SMILES string of the molecule is O=[N+]([O-])c1ccc(S(=O)(=O)N2CCNCC3CCCCC32)cc1. The molecule has 2 aliphatic rings. The number of nitrogens with one attached hydrogen (secondary N) is 1. The second-order valence-corrected chi connectivity index (χ2v) is 8.07. The maximum absolute atomic E-state index is 13.0. The van der Waals surface area contributed by atoms with Crippen LogP contribution >= 0.6 is 0 Å². The van der Waals surface area contributed by atoms with Gasteiger partial charge in [0.05, 0.1) is 9.82 Å². The van der Waals surface area contributed by atoms with Crippen LogP contribution < -0.4 is 5.32 Å². The lowest BCUT2D eigenvalue weighted by Gasteiger charge is -2.36. The molecular weight excluding hydrogens is 318 g/mol. The van der Waals surface area contributed by atoms with Gasteiger partial charge in [-0.1, -0.05) is 12.8 Å². The fraction of sp³-hybridized carbons (Fsp3) is 0.600. The summed E-state index contributed by atoms with van der Waals surface area (Å²) in [5, 5.41) is 14.1. The lowest BCUT2D eigenvalue weighted by Crippen LogP contribution is -2.46. The molecule has 1 aromatic carbocycles. The molecule has 0 bridgehead atoms. The molecule has 2 fully saturated rings. The minimum absolute atomic E-state index is 0.0268. The zero-order valence-electron chi connectivity index (χ0n) is 12.8. The highest BCUT2D eigenvalue weighted by atomic mass is 32.2. The number of fused-ring (bicyclic) bond motifs is 1. The van der Waals surface area contributed by atoms with Gasteiger partial charge in [0.2, 0.25) is 10.0 Å². The Balaban J connectivity index is 1.91. The molecule has 0 amide bonds. The van der Waals surface area contributed by atoms with E-state index in [2.05, 4.69) is 5.32 Å². The first-order valence-electron chi connectivity index (χ1n) is 7.97. The van der Waals surface area contributed by atoms with E-state index < -0.39 is 14.9 Å². The smallest absolute Gasteiger partial charge is 0.269 e. The summed E-state index contributed by atoms with van der Waals surface area (Å²) in [5.41, 5.74) is -0.1000. The third-order valence-corrected chi connectivity index (χ3v) is 6.75. The van der Waals surface area contributed by atoms with Crippen molar-refractivity contribution in [3.8, 4) is 0 Å². The molecular formula is C15H21N3O4S. The average Bonchev–Trinajstić information content (AvgIpc) is 2.77. The van der Waals surface area contributed by atoms with Gasteiger partial charge in [-0.25, -0.2) is 8.42 Å². The third-order valence-electron chi connectivity index (χ3n) is 4.81. The van der Waals surface area contributed by atoms with E-state index >= 15 is 0 Å². The minimum Gasteiger partial charge on any atom is -0.315 e. The number of hydrogen-bond acceptors (Lipinski definition) is 5. The quantitative estimate of drug-likeness (QED) is 0.669. The molecule has 1 N–H and O–H groups in total. The largest absolute Gasteiger partial charge is 0.315 e.